The van der Waals surface area contributed by atoms with Crippen molar-refractivity contribution in [3.63, 3.8) is 0 Å². The van der Waals surface area contributed by atoms with Gasteiger partial charge in [0.05, 0.1) is 29.8 Å². The lowest BCUT2D eigenvalue weighted by atomic mass is 9.82. The van der Waals surface area contributed by atoms with Crippen molar-refractivity contribution in [2.24, 2.45) is 14.1 Å². The summed E-state index contributed by atoms with van der Waals surface area (Å²) in [6.07, 6.45) is 3.34. The maximum Gasteiger partial charge on any atom is 0.251 e. The van der Waals surface area contributed by atoms with Gasteiger partial charge in [0.2, 0.25) is 0 Å². The zero-order valence-electron chi connectivity index (χ0n) is 21.1. The zero-order valence-corrected chi connectivity index (χ0v) is 21.9. The van der Waals surface area contributed by atoms with Crippen LogP contribution < -0.4 is 10.3 Å². The van der Waals surface area contributed by atoms with Crippen molar-refractivity contribution in [1.29, 1.82) is 0 Å². The Morgan fingerprint density at radius 2 is 1.70 bits per heavy atom. The lowest BCUT2D eigenvalue weighted by Crippen LogP contribution is -2.31. The molecule has 0 aliphatic carbocycles. The molecule has 3 aromatic carbocycles. The van der Waals surface area contributed by atoms with Crippen molar-refractivity contribution >= 4 is 22.5 Å². The Bertz CT molecular complexity index is 1650. The topological polar surface area (TPSA) is 69.3 Å². The number of hydrogen-bond donors (Lipinski definition) is 1. The van der Waals surface area contributed by atoms with Gasteiger partial charge >= 0.3 is 0 Å². The van der Waals surface area contributed by atoms with Gasteiger partial charge in [-0.05, 0) is 72.5 Å². The molecule has 0 aliphatic rings. The summed E-state index contributed by atoms with van der Waals surface area (Å²) >= 11 is 6.17. The third-order valence-corrected chi connectivity index (χ3v) is 6.88. The Morgan fingerprint density at radius 3 is 2.38 bits per heavy atom. The van der Waals surface area contributed by atoms with E-state index in [2.05, 4.69) is 4.98 Å². The van der Waals surface area contributed by atoms with Crippen LogP contribution in [0.3, 0.4) is 0 Å². The van der Waals surface area contributed by atoms with Gasteiger partial charge in [-0.3, -0.25) is 4.79 Å². The third kappa shape index (κ3) is 4.43. The van der Waals surface area contributed by atoms with E-state index < -0.39 is 5.60 Å². The quantitative estimate of drug-likeness (QED) is 0.318. The van der Waals surface area contributed by atoms with Crippen LogP contribution in [0.4, 0.5) is 0 Å². The molecule has 2 heterocycles. The highest BCUT2D eigenvalue weighted by atomic mass is 35.5. The monoisotopic (exact) mass is 513 g/mol. The van der Waals surface area contributed by atoms with Crippen molar-refractivity contribution < 1.29 is 9.84 Å². The van der Waals surface area contributed by atoms with Gasteiger partial charge < -0.3 is 19.0 Å². The molecule has 1 atom stereocenters. The number of aromatic nitrogens is 3. The SMILES string of the molecule is CC(C)Oc1cccc(-c2cc(=O)n(C)c3ccc(C(O)(c4ccc(Cl)cc4)c4cncn4C)cc23)c1. The van der Waals surface area contributed by atoms with Crippen LogP contribution in [0.15, 0.2) is 90.1 Å². The fourth-order valence-corrected chi connectivity index (χ4v) is 4.92. The van der Waals surface area contributed by atoms with Crippen molar-refractivity contribution in [2.75, 3.05) is 0 Å². The maximum atomic E-state index is 12.9. The molecule has 2 aromatic heterocycles. The molecule has 1 N–H and O–H groups in total. The molecule has 0 spiro atoms. The summed E-state index contributed by atoms with van der Waals surface area (Å²) in [5.74, 6) is 0.727. The highest BCUT2D eigenvalue weighted by Gasteiger charge is 2.37. The minimum absolute atomic E-state index is 0.0236. The molecule has 37 heavy (non-hydrogen) atoms. The normalized spacial score (nSPS) is 13.2. The van der Waals surface area contributed by atoms with Gasteiger partial charge in [0.15, 0.2) is 5.60 Å². The Kier molecular flexibility index (Phi) is 6.40. The minimum Gasteiger partial charge on any atom is -0.491 e. The third-order valence-electron chi connectivity index (χ3n) is 6.63. The molecule has 0 saturated heterocycles. The second-order valence-electron chi connectivity index (χ2n) is 9.49. The number of pyridine rings is 1. The van der Waals surface area contributed by atoms with Crippen LogP contribution in [0.5, 0.6) is 5.75 Å². The summed E-state index contributed by atoms with van der Waals surface area (Å²) in [5.41, 5.74) is 2.63. The van der Waals surface area contributed by atoms with E-state index in [-0.39, 0.29) is 11.7 Å². The lowest BCUT2D eigenvalue weighted by Gasteiger charge is -2.30. The Labute approximate surface area is 220 Å². The number of benzene rings is 3. The Balaban J connectivity index is 1.79. The zero-order chi connectivity index (χ0) is 26.3. The number of nitrogens with zero attached hydrogens (tertiary/aromatic N) is 3. The molecule has 188 valence electrons. The summed E-state index contributed by atoms with van der Waals surface area (Å²) in [6.45, 7) is 3.95. The molecular weight excluding hydrogens is 486 g/mol. The van der Waals surface area contributed by atoms with E-state index >= 15 is 0 Å². The lowest BCUT2D eigenvalue weighted by molar-refractivity contribution is 0.117. The van der Waals surface area contributed by atoms with Crippen molar-refractivity contribution in [3.8, 4) is 16.9 Å². The van der Waals surface area contributed by atoms with E-state index in [1.165, 1.54) is 0 Å². The van der Waals surface area contributed by atoms with Gasteiger partial charge in [0.1, 0.15) is 5.75 Å². The van der Waals surface area contributed by atoms with Crippen LogP contribution in [0, 0.1) is 0 Å². The summed E-state index contributed by atoms with van der Waals surface area (Å²) in [6, 6.07) is 22.2. The first-order chi connectivity index (χ1) is 17.7. The molecule has 0 aliphatic heterocycles. The molecule has 0 bridgehead atoms. The largest absolute Gasteiger partial charge is 0.491 e. The molecule has 7 heteroatoms. The number of halogens is 1. The Morgan fingerprint density at radius 1 is 0.973 bits per heavy atom. The smallest absolute Gasteiger partial charge is 0.251 e. The van der Waals surface area contributed by atoms with Crippen LogP contribution in [0.1, 0.15) is 30.7 Å². The maximum absolute atomic E-state index is 12.9. The Hall–Kier alpha value is -3.87. The molecule has 0 fully saturated rings. The first kappa shape index (κ1) is 24.8. The number of imidazole rings is 1. The second kappa shape index (κ2) is 9.54. The number of hydrogen-bond acceptors (Lipinski definition) is 4. The first-order valence-electron chi connectivity index (χ1n) is 12.0. The highest BCUT2D eigenvalue weighted by Crippen LogP contribution is 2.39. The van der Waals surface area contributed by atoms with E-state index in [0.29, 0.717) is 21.8 Å². The van der Waals surface area contributed by atoms with Gasteiger partial charge in [-0.15, -0.1) is 0 Å². The van der Waals surface area contributed by atoms with Gasteiger partial charge in [-0.2, -0.15) is 0 Å². The predicted molar refractivity (Wildman–Crippen MR) is 147 cm³/mol. The van der Waals surface area contributed by atoms with Crippen LogP contribution in [0.25, 0.3) is 22.0 Å². The number of aliphatic hydroxyl groups is 1. The number of rotatable bonds is 6. The minimum atomic E-state index is -1.52. The van der Waals surface area contributed by atoms with E-state index in [9.17, 15) is 9.90 Å². The molecule has 0 amide bonds. The molecule has 5 aromatic rings. The van der Waals surface area contributed by atoms with E-state index in [1.807, 2.05) is 75.5 Å². The summed E-state index contributed by atoms with van der Waals surface area (Å²) < 4.78 is 9.32. The number of aryl methyl sites for hydroxylation is 2. The molecule has 1 unspecified atom stereocenters. The summed E-state index contributed by atoms with van der Waals surface area (Å²) in [7, 11) is 3.60. The molecule has 0 radical (unpaired) electrons. The summed E-state index contributed by atoms with van der Waals surface area (Å²) in [4.78, 5) is 17.2. The summed E-state index contributed by atoms with van der Waals surface area (Å²) in [5, 5.41) is 13.8. The number of ether oxygens (including phenoxy) is 1. The predicted octanol–water partition coefficient (Wildman–Crippen LogP) is 5.66. The highest BCUT2D eigenvalue weighted by molar-refractivity contribution is 6.30. The van der Waals surface area contributed by atoms with E-state index in [4.69, 9.17) is 16.3 Å². The fraction of sp³-hybridized carbons (Fsp3) is 0.200. The first-order valence-corrected chi connectivity index (χ1v) is 12.4. The van der Waals surface area contributed by atoms with Crippen LogP contribution in [-0.4, -0.2) is 25.3 Å². The number of fused-ring (bicyclic) bond motifs is 1. The molecule has 0 saturated carbocycles. The van der Waals surface area contributed by atoms with Crippen molar-refractivity contribution in [1.82, 2.24) is 14.1 Å². The molecule has 5 rings (SSSR count). The fourth-order valence-electron chi connectivity index (χ4n) is 4.79. The van der Waals surface area contributed by atoms with E-state index in [1.54, 1.807) is 46.9 Å². The van der Waals surface area contributed by atoms with Gasteiger partial charge in [-0.25, -0.2) is 4.98 Å². The average molecular weight is 514 g/mol. The van der Waals surface area contributed by atoms with Crippen LogP contribution >= 0.6 is 11.6 Å². The van der Waals surface area contributed by atoms with Gasteiger partial charge in [-0.1, -0.05) is 41.9 Å². The van der Waals surface area contributed by atoms with Crippen molar-refractivity contribution in [2.45, 2.75) is 25.6 Å². The van der Waals surface area contributed by atoms with Gasteiger partial charge in [0.25, 0.3) is 5.56 Å². The van der Waals surface area contributed by atoms with E-state index in [0.717, 1.165) is 27.8 Å². The van der Waals surface area contributed by atoms with Crippen LogP contribution in [0.2, 0.25) is 5.02 Å². The second-order valence-corrected chi connectivity index (χ2v) is 9.93. The van der Waals surface area contributed by atoms with Crippen molar-refractivity contribution in [3.05, 3.63) is 118 Å². The molecule has 6 nitrogen and oxygen atoms in total. The molecular formula is C30H28ClN3O3. The standard InChI is InChI=1S/C30H28ClN3O3/c1-19(2)37-24-7-5-6-20(14-24)25-16-29(35)34(4)27-13-10-22(15-26(25)27)30(36,28-17-32-18-33(28)3)21-8-11-23(31)12-9-21/h5-19,36H,1-4H3. The van der Waals surface area contributed by atoms with Gasteiger partial charge in [0, 0.05) is 30.6 Å². The average Bonchev–Trinajstić information content (AvgIpc) is 3.32. The van der Waals surface area contributed by atoms with Crippen LogP contribution in [-0.2, 0) is 19.7 Å².